The van der Waals surface area contributed by atoms with E-state index in [1.807, 2.05) is 24.0 Å². The average molecular weight is 574 g/mol. The first-order chi connectivity index (χ1) is 15.4. The molecule has 3 rings (SSSR count). The number of guanidine groups is 1. The standard InChI is InChI=1S/C24H29F3N4O.HI/c1-2-28-23(30-15-13-18-9-11-21(12-10-18)24(25,26)27)29-14-5-8-22(32)31-16-19-6-3-4-7-20(19)17-31;/h3-4,6-7,9-12H,2,5,8,13-17H2,1H3,(H2,28,29,30);1H. The summed E-state index contributed by atoms with van der Waals surface area (Å²) in [6.07, 6.45) is -2.64. The Kier molecular flexibility index (Phi) is 10.5. The molecule has 0 atom stereocenters. The normalized spacial score (nSPS) is 13.3. The number of hydrogen-bond donors (Lipinski definition) is 2. The van der Waals surface area contributed by atoms with E-state index >= 15 is 0 Å². The molecular weight excluding hydrogens is 544 g/mol. The minimum Gasteiger partial charge on any atom is -0.357 e. The first kappa shape index (κ1) is 26.9. The molecule has 1 amide bonds. The summed E-state index contributed by atoms with van der Waals surface area (Å²) >= 11 is 0. The van der Waals surface area contributed by atoms with E-state index in [0.29, 0.717) is 57.9 Å². The summed E-state index contributed by atoms with van der Waals surface area (Å²) in [5.41, 5.74) is 2.60. The molecule has 0 aliphatic carbocycles. The third kappa shape index (κ3) is 8.21. The zero-order valence-corrected chi connectivity index (χ0v) is 21.0. The number of hydrogen-bond acceptors (Lipinski definition) is 2. The SMILES string of the molecule is CCNC(=NCCCC(=O)N1Cc2ccccc2C1)NCCc1ccc(C(F)(F)F)cc1.I. The molecule has 2 aromatic carbocycles. The summed E-state index contributed by atoms with van der Waals surface area (Å²) < 4.78 is 37.9. The molecule has 2 N–H and O–H groups in total. The van der Waals surface area contributed by atoms with Gasteiger partial charge in [-0.15, -0.1) is 24.0 Å². The predicted molar refractivity (Wildman–Crippen MR) is 134 cm³/mol. The second-order valence-corrected chi connectivity index (χ2v) is 7.75. The summed E-state index contributed by atoms with van der Waals surface area (Å²) in [6, 6.07) is 13.3. The molecule has 0 aromatic heterocycles. The Morgan fingerprint density at radius 2 is 1.67 bits per heavy atom. The van der Waals surface area contributed by atoms with E-state index in [4.69, 9.17) is 0 Å². The van der Waals surface area contributed by atoms with Crippen LogP contribution in [0.3, 0.4) is 0 Å². The molecule has 0 saturated heterocycles. The van der Waals surface area contributed by atoms with Gasteiger partial charge >= 0.3 is 6.18 Å². The van der Waals surface area contributed by atoms with E-state index < -0.39 is 11.7 Å². The lowest BCUT2D eigenvalue weighted by atomic mass is 10.1. The van der Waals surface area contributed by atoms with Gasteiger partial charge in [0.2, 0.25) is 5.91 Å². The van der Waals surface area contributed by atoms with Gasteiger partial charge in [0.15, 0.2) is 5.96 Å². The Morgan fingerprint density at radius 1 is 1.03 bits per heavy atom. The van der Waals surface area contributed by atoms with Crippen molar-refractivity contribution in [1.29, 1.82) is 0 Å². The van der Waals surface area contributed by atoms with Crippen LogP contribution in [-0.2, 0) is 30.5 Å². The second-order valence-electron chi connectivity index (χ2n) is 7.75. The number of halogens is 4. The quantitative estimate of drug-likeness (QED) is 0.207. The van der Waals surface area contributed by atoms with Crippen molar-refractivity contribution in [3.63, 3.8) is 0 Å². The molecule has 0 saturated carbocycles. The summed E-state index contributed by atoms with van der Waals surface area (Å²) in [4.78, 5) is 18.9. The fourth-order valence-electron chi connectivity index (χ4n) is 3.62. The van der Waals surface area contributed by atoms with Crippen LogP contribution in [-0.4, -0.2) is 36.4 Å². The molecule has 0 spiro atoms. The van der Waals surface area contributed by atoms with Crippen molar-refractivity contribution in [3.05, 3.63) is 70.8 Å². The third-order valence-corrected chi connectivity index (χ3v) is 5.34. The van der Waals surface area contributed by atoms with Gasteiger partial charge in [-0.05, 0) is 48.6 Å². The van der Waals surface area contributed by atoms with Gasteiger partial charge in [-0.1, -0.05) is 36.4 Å². The number of benzene rings is 2. The Balaban J connectivity index is 0.00000385. The number of nitrogens with zero attached hydrogens (tertiary/aromatic N) is 2. The molecule has 1 aliphatic heterocycles. The first-order valence-corrected chi connectivity index (χ1v) is 10.9. The number of nitrogens with one attached hydrogen (secondary N) is 2. The van der Waals surface area contributed by atoms with Crippen molar-refractivity contribution in [1.82, 2.24) is 15.5 Å². The Morgan fingerprint density at radius 3 is 2.24 bits per heavy atom. The molecule has 9 heteroatoms. The van der Waals surface area contributed by atoms with Crippen LogP contribution in [0.5, 0.6) is 0 Å². The van der Waals surface area contributed by atoms with Gasteiger partial charge in [0, 0.05) is 39.1 Å². The van der Waals surface area contributed by atoms with Crippen molar-refractivity contribution < 1.29 is 18.0 Å². The highest BCUT2D eigenvalue weighted by atomic mass is 127. The zero-order valence-electron chi connectivity index (χ0n) is 18.6. The van der Waals surface area contributed by atoms with Crippen LogP contribution in [0, 0.1) is 0 Å². The minimum atomic E-state index is -4.32. The lowest BCUT2D eigenvalue weighted by Gasteiger charge is -2.15. The summed E-state index contributed by atoms with van der Waals surface area (Å²) in [7, 11) is 0. The van der Waals surface area contributed by atoms with E-state index in [1.165, 1.54) is 23.3 Å². The maximum atomic E-state index is 12.6. The Labute approximate surface area is 209 Å². The van der Waals surface area contributed by atoms with Crippen LogP contribution in [0.25, 0.3) is 0 Å². The van der Waals surface area contributed by atoms with Crippen molar-refractivity contribution in [2.24, 2.45) is 4.99 Å². The van der Waals surface area contributed by atoms with Crippen LogP contribution in [0.4, 0.5) is 13.2 Å². The van der Waals surface area contributed by atoms with E-state index in [0.717, 1.165) is 17.7 Å². The van der Waals surface area contributed by atoms with Gasteiger partial charge in [0.25, 0.3) is 0 Å². The molecule has 0 bridgehead atoms. The fraction of sp³-hybridized carbons (Fsp3) is 0.417. The van der Waals surface area contributed by atoms with Crippen molar-refractivity contribution >= 4 is 35.8 Å². The Hall–Kier alpha value is -2.30. The highest BCUT2D eigenvalue weighted by Crippen LogP contribution is 2.29. The highest BCUT2D eigenvalue weighted by molar-refractivity contribution is 14.0. The first-order valence-electron chi connectivity index (χ1n) is 10.9. The van der Waals surface area contributed by atoms with Crippen molar-refractivity contribution in [2.45, 2.75) is 45.5 Å². The second kappa shape index (κ2) is 12.8. The lowest BCUT2D eigenvalue weighted by molar-refractivity contribution is -0.137. The number of aliphatic imine (C=N–C) groups is 1. The molecule has 0 unspecified atom stereocenters. The number of carbonyl (C=O) groups excluding carboxylic acids is 1. The van der Waals surface area contributed by atoms with Gasteiger partial charge in [-0.2, -0.15) is 13.2 Å². The largest absolute Gasteiger partial charge is 0.416 e. The van der Waals surface area contributed by atoms with Crippen LogP contribution in [0.1, 0.15) is 42.0 Å². The summed E-state index contributed by atoms with van der Waals surface area (Å²) in [6.45, 7) is 5.06. The topological polar surface area (TPSA) is 56.7 Å². The molecule has 5 nitrogen and oxygen atoms in total. The maximum Gasteiger partial charge on any atom is 0.416 e. The van der Waals surface area contributed by atoms with E-state index in [1.54, 1.807) is 0 Å². The number of fused-ring (bicyclic) bond motifs is 1. The van der Waals surface area contributed by atoms with Gasteiger partial charge in [-0.3, -0.25) is 9.79 Å². The van der Waals surface area contributed by atoms with Crippen LogP contribution < -0.4 is 10.6 Å². The van der Waals surface area contributed by atoms with Crippen LogP contribution >= 0.6 is 24.0 Å². The fourth-order valence-corrected chi connectivity index (χ4v) is 3.62. The maximum absolute atomic E-state index is 12.6. The van der Waals surface area contributed by atoms with E-state index in [9.17, 15) is 18.0 Å². The lowest BCUT2D eigenvalue weighted by Crippen LogP contribution is -2.38. The molecule has 180 valence electrons. The summed E-state index contributed by atoms with van der Waals surface area (Å²) in [5.74, 6) is 0.775. The van der Waals surface area contributed by atoms with Gasteiger partial charge in [0.1, 0.15) is 0 Å². The molecular formula is C24H30F3IN4O. The van der Waals surface area contributed by atoms with Gasteiger partial charge < -0.3 is 15.5 Å². The Bertz CT molecular complexity index is 907. The average Bonchev–Trinajstić information content (AvgIpc) is 3.21. The van der Waals surface area contributed by atoms with Gasteiger partial charge in [0.05, 0.1) is 5.56 Å². The third-order valence-electron chi connectivity index (χ3n) is 5.34. The minimum absolute atomic E-state index is 0. The number of alkyl halides is 3. The number of rotatable bonds is 8. The summed E-state index contributed by atoms with van der Waals surface area (Å²) in [5, 5.41) is 6.34. The molecule has 0 fully saturated rings. The molecule has 0 radical (unpaired) electrons. The van der Waals surface area contributed by atoms with Crippen LogP contribution in [0.2, 0.25) is 0 Å². The molecule has 33 heavy (non-hydrogen) atoms. The molecule has 2 aromatic rings. The zero-order chi connectivity index (χ0) is 23.0. The predicted octanol–water partition coefficient (Wildman–Crippen LogP) is 4.74. The van der Waals surface area contributed by atoms with Crippen molar-refractivity contribution in [3.8, 4) is 0 Å². The number of amides is 1. The van der Waals surface area contributed by atoms with Crippen molar-refractivity contribution in [2.75, 3.05) is 19.6 Å². The van der Waals surface area contributed by atoms with E-state index in [-0.39, 0.29) is 29.9 Å². The smallest absolute Gasteiger partial charge is 0.357 e. The monoisotopic (exact) mass is 574 g/mol. The number of carbonyl (C=O) groups is 1. The van der Waals surface area contributed by atoms with Gasteiger partial charge in [-0.25, -0.2) is 0 Å². The van der Waals surface area contributed by atoms with Crippen LogP contribution in [0.15, 0.2) is 53.5 Å². The molecule has 1 heterocycles. The van der Waals surface area contributed by atoms with E-state index in [2.05, 4.69) is 27.8 Å². The molecule has 1 aliphatic rings. The highest BCUT2D eigenvalue weighted by Gasteiger charge is 2.29.